The summed E-state index contributed by atoms with van der Waals surface area (Å²) in [6.07, 6.45) is 4.22. The number of piperidine rings is 1. The third-order valence-electron chi connectivity index (χ3n) is 3.53. The molecule has 0 amide bonds. The number of nitrogens with one attached hydrogen (secondary N) is 1. The Morgan fingerprint density at radius 2 is 2.29 bits per heavy atom. The van der Waals surface area contributed by atoms with Crippen molar-refractivity contribution in [1.29, 1.82) is 0 Å². The first-order chi connectivity index (χ1) is 6.86. The maximum atomic E-state index is 3.49. The summed E-state index contributed by atoms with van der Waals surface area (Å²) in [6.45, 7) is 3.80. The molecule has 2 rings (SSSR count). The van der Waals surface area contributed by atoms with Crippen molar-refractivity contribution >= 4 is 11.8 Å². The van der Waals surface area contributed by atoms with Gasteiger partial charge in [-0.3, -0.25) is 0 Å². The Bertz CT molecular complexity index is 163. The van der Waals surface area contributed by atoms with Gasteiger partial charge >= 0.3 is 0 Å². The predicted octanol–water partition coefficient (Wildman–Crippen LogP) is 1.42. The molecular formula is C11H22N2S. The van der Waals surface area contributed by atoms with E-state index in [1.165, 1.54) is 50.4 Å². The molecule has 0 saturated carbocycles. The van der Waals surface area contributed by atoms with E-state index in [-0.39, 0.29) is 0 Å². The number of nitrogens with zero attached hydrogens (tertiary/aromatic N) is 1. The van der Waals surface area contributed by atoms with Crippen molar-refractivity contribution in [2.45, 2.75) is 25.3 Å². The second kappa shape index (κ2) is 5.38. The molecule has 0 aromatic carbocycles. The molecule has 2 aliphatic rings. The van der Waals surface area contributed by atoms with E-state index in [0.717, 1.165) is 12.0 Å². The Kier molecular flexibility index (Phi) is 4.14. The summed E-state index contributed by atoms with van der Waals surface area (Å²) in [5, 5.41) is 3.49. The van der Waals surface area contributed by atoms with Crippen LogP contribution in [0.1, 0.15) is 19.3 Å². The Balaban J connectivity index is 1.60. The SMILES string of the molecule is CN(CCC1CCCNC1)C1CSC1. The van der Waals surface area contributed by atoms with Gasteiger partial charge in [0, 0.05) is 17.5 Å². The van der Waals surface area contributed by atoms with Crippen molar-refractivity contribution in [2.24, 2.45) is 5.92 Å². The Hall–Kier alpha value is 0.270. The van der Waals surface area contributed by atoms with Gasteiger partial charge in [-0.15, -0.1) is 0 Å². The molecule has 0 aromatic heterocycles. The molecule has 1 N–H and O–H groups in total. The van der Waals surface area contributed by atoms with Crippen LogP contribution >= 0.6 is 11.8 Å². The third-order valence-corrected chi connectivity index (χ3v) is 4.77. The Morgan fingerprint density at radius 3 is 2.86 bits per heavy atom. The fourth-order valence-electron chi connectivity index (χ4n) is 2.22. The largest absolute Gasteiger partial charge is 0.316 e. The molecule has 3 heteroatoms. The number of thioether (sulfide) groups is 1. The van der Waals surface area contributed by atoms with Crippen LogP contribution in [-0.4, -0.2) is 49.1 Å². The van der Waals surface area contributed by atoms with Gasteiger partial charge in [0.15, 0.2) is 0 Å². The lowest BCUT2D eigenvalue weighted by Gasteiger charge is -2.35. The maximum absolute atomic E-state index is 3.49. The molecule has 0 bridgehead atoms. The minimum atomic E-state index is 0.886. The maximum Gasteiger partial charge on any atom is 0.0273 e. The standard InChI is InChI=1S/C11H22N2S/c1-13(11-8-14-9-11)6-4-10-3-2-5-12-7-10/h10-12H,2-9H2,1H3. The van der Waals surface area contributed by atoms with Crippen LogP contribution in [0, 0.1) is 5.92 Å². The fourth-order valence-corrected chi connectivity index (χ4v) is 3.17. The van der Waals surface area contributed by atoms with E-state index in [1.807, 2.05) is 0 Å². The summed E-state index contributed by atoms with van der Waals surface area (Å²) < 4.78 is 0. The lowest BCUT2D eigenvalue weighted by molar-refractivity contribution is 0.235. The summed E-state index contributed by atoms with van der Waals surface area (Å²) in [7, 11) is 2.29. The van der Waals surface area contributed by atoms with Crippen LogP contribution in [0.4, 0.5) is 0 Å². The molecule has 2 fully saturated rings. The van der Waals surface area contributed by atoms with Gasteiger partial charge in [-0.25, -0.2) is 0 Å². The van der Waals surface area contributed by atoms with Crippen LogP contribution in [0.15, 0.2) is 0 Å². The number of hydrogen-bond acceptors (Lipinski definition) is 3. The van der Waals surface area contributed by atoms with Crippen molar-refractivity contribution < 1.29 is 0 Å². The van der Waals surface area contributed by atoms with Crippen LogP contribution < -0.4 is 5.32 Å². The molecule has 0 aliphatic carbocycles. The molecule has 2 saturated heterocycles. The van der Waals surface area contributed by atoms with Gasteiger partial charge in [0.05, 0.1) is 0 Å². The van der Waals surface area contributed by atoms with Crippen LogP contribution in [-0.2, 0) is 0 Å². The van der Waals surface area contributed by atoms with Crippen LogP contribution in [0.5, 0.6) is 0 Å². The quantitative estimate of drug-likeness (QED) is 0.762. The molecule has 82 valence electrons. The van der Waals surface area contributed by atoms with Gasteiger partial charge < -0.3 is 10.2 Å². The highest BCUT2D eigenvalue weighted by atomic mass is 32.2. The fraction of sp³-hybridized carbons (Fsp3) is 1.00. The highest BCUT2D eigenvalue weighted by Crippen LogP contribution is 2.23. The third kappa shape index (κ3) is 2.88. The Labute approximate surface area is 91.8 Å². The zero-order chi connectivity index (χ0) is 9.80. The van der Waals surface area contributed by atoms with Crippen LogP contribution in [0.2, 0.25) is 0 Å². The van der Waals surface area contributed by atoms with Gasteiger partial charge in [0.2, 0.25) is 0 Å². The van der Waals surface area contributed by atoms with Gasteiger partial charge in [0.25, 0.3) is 0 Å². The molecule has 2 nitrogen and oxygen atoms in total. The number of hydrogen-bond donors (Lipinski definition) is 1. The first-order valence-electron chi connectivity index (χ1n) is 5.85. The van der Waals surface area contributed by atoms with Crippen LogP contribution in [0.3, 0.4) is 0 Å². The van der Waals surface area contributed by atoms with E-state index in [0.29, 0.717) is 0 Å². The minimum Gasteiger partial charge on any atom is -0.316 e. The normalized spacial score (nSPS) is 29.1. The molecule has 0 radical (unpaired) electrons. The molecule has 0 aromatic rings. The van der Waals surface area contributed by atoms with Gasteiger partial charge in [-0.05, 0) is 51.9 Å². The topological polar surface area (TPSA) is 15.3 Å². The number of rotatable bonds is 4. The minimum absolute atomic E-state index is 0.886. The summed E-state index contributed by atoms with van der Waals surface area (Å²) in [6, 6.07) is 0.886. The van der Waals surface area contributed by atoms with Crippen molar-refractivity contribution in [3.05, 3.63) is 0 Å². The van der Waals surface area contributed by atoms with Crippen molar-refractivity contribution in [1.82, 2.24) is 10.2 Å². The zero-order valence-corrected chi connectivity index (χ0v) is 9.98. The van der Waals surface area contributed by atoms with E-state index in [4.69, 9.17) is 0 Å². The predicted molar refractivity (Wildman–Crippen MR) is 64.0 cm³/mol. The van der Waals surface area contributed by atoms with Crippen LogP contribution in [0.25, 0.3) is 0 Å². The summed E-state index contributed by atoms with van der Waals surface area (Å²) in [5.74, 6) is 3.66. The van der Waals surface area contributed by atoms with Crippen molar-refractivity contribution in [3.8, 4) is 0 Å². The molecular weight excluding hydrogens is 192 g/mol. The van der Waals surface area contributed by atoms with Gasteiger partial charge in [-0.1, -0.05) is 0 Å². The zero-order valence-electron chi connectivity index (χ0n) is 9.17. The van der Waals surface area contributed by atoms with E-state index in [2.05, 4.69) is 29.0 Å². The lowest BCUT2D eigenvalue weighted by atomic mass is 9.96. The van der Waals surface area contributed by atoms with E-state index >= 15 is 0 Å². The first kappa shape index (κ1) is 10.8. The van der Waals surface area contributed by atoms with Crippen molar-refractivity contribution in [3.63, 3.8) is 0 Å². The molecule has 1 unspecified atom stereocenters. The second-order valence-corrected chi connectivity index (χ2v) is 5.75. The smallest absolute Gasteiger partial charge is 0.0273 e. The van der Waals surface area contributed by atoms with E-state index in [1.54, 1.807) is 0 Å². The van der Waals surface area contributed by atoms with E-state index < -0.39 is 0 Å². The first-order valence-corrected chi connectivity index (χ1v) is 7.00. The highest BCUT2D eigenvalue weighted by Gasteiger charge is 2.23. The molecule has 0 spiro atoms. The van der Waals surface area contributed by atoms with Crippen molar-refractivity contribution in [2.75, 3.05) is 38.2 Å². The lowest BCUT2D eigenvalue weighted by Crippen LogP contribution is -2.43. The van der Waals surface area contributed by atoms with E-state index in [9.17, 15) is 0 Å². The summed E-state index contributed by atoms with van der Waals surface area (Å²) in [4.78, 5) is 2.56. The average molecular weight is 214 g/mol. The highest BCUT2D eigenvalue weighted by molar-refractivity contribution is 8.00. The molecule has 1 atom stereocenters. The van der Waals surface area contributed by atoms with Gasteiger partial charge in [-0.2, -0.15) is 11.8 Å². The summed E-state index contributed by atoms with van der Waals surface area (Å²) >= 11 is 2.08. The molecule has 2 aliphatic heterocycles. The molecule has 14 heavy (non-hydrogen) atoms. The molecule has 2 heterocycles. The van der Waals surface area contributed by atoms with Gasteiger partial charge in [0.1, 0.15) is 0 Å². The Morgan fingerprint density at radius 1 is 1.43 bits per heavy atom. The second-order valence-electron chi connectivity index (χ2n) is 4.67. The monoisotopic (exact) mass is 214 g/mol. The summed E-state index contributed by atoms with van der Waals surface area (Å²) in [5.41, 5.74) is 0. The average Bonchev–Trinajstić information content (AvgIpc) is 2.14.